The number of nitrogens with one attached hydrogen (secondary N) is 3. The van der Waals surface area contributed by atoms with Crippen molar-refractivity contribution >= 4 is 55.0 Å². The lowest BCUT2D eigenvalue weighted by molar-refractivity contribution is -0.118. The summed E-state index contributed by atoms with van der Waals surface area (Å²) in [5.74, 6) is -0.590. The van der Waals surface area contributed by atoms with Crippen LogP contribution < -0.4 is 25.8 Å². The maximum atomic E-state index is 13.5. The number of sulfonamides is 1. The third-order valence-corrected chi connectivity index (χ3v) is 10.7. The van der Waals surface area contributed by atoms with Crippen LogP contribution >= 0.6 is 11.3 Å². The number of aliphatic imine (C=N–C) groups is 1. The normalized spacial score (nSPS) is 14.5. The van der Waals surface area contributed by atoms with Crippen LogP contribution in [0.15, 0.2) is 58.4 Å². The number of nitriles is 1. The second-order valence-corrected chi connectivity index (χ2v) is 14.9. The van der Waals surface area contributed by atoms with Crippen molar-refractivity contribution in [2.75, 3.05) is 11.9 Å². The molecular weight excluding hydrogens is 651 g/mol. The number of benzene rings is 3. The van der Waals surface area contributed by atoms with Gasteiger partial charge in [0.25, 0.3) is 15.9 Å². The number of rotatable bonds is 10. The van der Waals surface area contributed by atoms with E-state index in [4.69, 9.17) is 15.7 Å². The molecule has 0 bridgehead atoms. The van der Waals surface area contributed by atoms with Crippen LogP contribution in [0.25, 0.3) is 10.2 Å². The van der Waals surface area contributed by atoms with Gasteiger partial charge in [0.05, 0.1) is 15.1 Å². The molecule has 2 amide bonds. The van der Waals surface area contributed by atoms with Crippen molar-refractivity contribution in [2.45, 2.75) is 70.4 Å². The third kappa shape index (κ3) is 7.42. The summed E-state index contributed by atoms with van der Waals surface area (Å²) in [6.07, 6.45) is 1.17. The Morgan fingerprint density at radius 2 is 1.85 bits per heavy atom. The maximum absolute atomic E-state index is 13.5. The Kier molecular flexibility index (Phi) is 9.74. The number of aromatic nitrogens is 1. The Balaban J connectivity index is 1.27. The maximum Gasteiger partial charge on any atom is 0.264 e. The SMILES string of the molecule is Cc1c(C)c(S(=O)(=O)NC(N)=NCCC[C@@H](NC(=O)c2ccccc2)C(=O)Nc2ccc3nc(C#N)sc3c2)c(C)c2c1CC(C)(C)O2. The summed E-state index contributed by atoms with van der Waals surface area (Å²) in [6, 6.07) is 14.7. The van der Waals surface area contributed by atoms with E-state index in [1.165, 1.54) is 11.3 Å². The van der Waals surface area contributed by atoms with Gasteiger partial charge in [-0.1, -0.05) is 18.2 Å². The van der Waals surface area contributed by atoms with Crippen LogP contribution in [0.4, 0.5) is 5.69 Å². The van der Waals surface area contributed by atoms with Crippen LogP contribution in [0.5, 0.6) is 5.75 Å². The quantitative estimate of drug-likeness (QED) is 0.106. The number of nitrogens with two attached hydrogens (primary N) is 1. The average Bonchev–Trinajstić information content (AvgIpc) is 3.61. The van der Waals surface area contributed by atoms with E-state index in [-0.39, 0.29) is 23.8 Å². The number of anilines is 1. The molecule has 0 unspecified atom stereocenters. The molecule has 5 N–H and O–H groups in total. The first-order valence-electron chi connectivity index (χ1n) is 15.3. The number of amides is 2. The minimum atomic E-state index is -4.09. The van der Waals surface area contributed by atoms with Gasteiger partial charge in [-0.2, -0.15) is 5.26 Å². The fourth-order valence-electron chi connectivity index (χ4n) is 5.77. The second-order valence-electron chi connectivity index (χ2n) is 12.3. The van der Waals surface area contributed by atoms with Gasteiger partial charge in [0.2, 0.25) is 11.9 Å². The summed E-state index contributed by atoms with van der Waals surface area (Å²) < 4.78 is 36.2. The summed E-state index contributed by atoms with van der Waals surface area (Å²) in [7, 11) is -4.09. The van der Waals surface area contributed by atoms with Crippen LogP contribution in [0.3, 0.4) is 0 Å². The highest BCUT2D eigenvalue weighted by Gasteiger charge is 2.36. The predicted molar refractivity (Wildman–Crippen MR) is 186 cm³/mol. The van der Waals surface area contributed by atoms with Crippen molar-refractivity contribution in [1.29, 1.82) is 5.26 Å². The summed E-state index contributed by atoms with van der Waals surface area (Å²) in [5, 5.41) is 15.1. The molecule has 250 valence electrons. The number of ether oxygens (including phenoxy) is 1. The Hall–Kier alpha value is -5.00. The van der Waals surface area contributed by atoms with Gasteiger partial charge in [-0.25, -0.2) is 18.1 Å². The molecule has 0 radical (unpaired) electrons. The number of carbonyl (C=O) groups excluding carboxylic acids is 2. The number of fused-ring (bicyclic) bond motifs is 2. The largest absolute Gasteiger partial charge is 0.487 e. The Labute approximate surface area is 283 Å². The molecule has 5 rings (SSSR count). The smallest absolute Gasteiger partial charge is 0.264 e. The molecule has 12 nitrogen and oxygen atoms in total. The van der Waals surface area contributed by atoms with E-state index < -0.39 is 33.5 Å². The number of carbonyl (C=O) groups is 2. The Morgan fingerprint density at radius 1 is 1.12 bits per heavy atom. The molecule has 1 aliphatic heterocycles. The summed E-state index contributed by atoms with van der Waals surface area (Å²) >= 11 is 1.21. The molecule has 1 aliphatic rings. The van der Waals surface area contributed by atoms with Crippen molar-refractivity contribution < 1.29 is 22.7 Å². The van der Waals surface area contributed by atoms with E-state index in [2.05, 4.69) is 25.3 Å². The lowest BCUT2D eigenvalue weighted by Crippen LogP contribution is -2.44. The number of hydrogen-bond acceptors (Lipinski definition) is 9. The number of guanidine groups is 1. The van der Waals surface area contributed by atoms with Crippen LogP contribution in [0.1, 0.15) is 64.3 Å². The molecule has 48 heavy (non-hydrogen) atoms. The van der Waals surface area contributed by atoms with E-state index in [9.17, 15) is 18.0 Å². The average molecular weight is 688 g/mol. The topological polar surface area (TPSA) is 189 Å². The van der Waals surface area contributed by atoms with Crippen molar-refractivity contribution in [3.05, 3.63) is 81.4 Å². The lowest BCUT2D eigenvalue weighted by atomic mass is 9.93. The van der Waals surface area contributed by atoms with E-state index in [1.807, 2.05) is 26.8 Å². The van der Waals surface area contributed by atoms with Crippen LogP contribution in [-0.4, -0.2) is 49.4 Å². The molecule has 4 aromatic rings. The Morgan fingerprint density at radius 3 is 2.56 bits per heavy atom. The summed E-state index contributed by atoms with van der Waals surface area (Å²) in [4.78, 5) is 34.9. The highest BCUT2D eigenvalue weighted by molar-refractivity contribution is 7.90. The van der Waals surface area contributed by atoms with Crippen molar-refractivity contribution in [3.8, 4) is 11.8 Å². The first kappa shape index (κ1) is 34.3. The molecule has 3 aromatic carbocycles. The van der Waals surface area contributed by atoms with E-state index in [0.717, 1.165) is 15.8 Å². The van der Waals surface area contributed by atoms with Crippen LogP contribution in [0, 0.1) is 32.1 Å². The molecule has 0 saturated carbocycles. The first-order valence-corrected chi connectivity index (χ1v) is 17.6. The fourth-order valence-corrected chi connectivity index (χ4v) is 8.06. The second kappa shape index (κ2) is 13.6. The van der Waals surface area contributed by atoms with E-state index >= 15 is 0 Å². The molecular formula is C34H37N7O5S2. The zero-order valence-electron chi connectivity index (χ0n) is 27.3. The van der Waals surface area contributed by atoms with Gasteiger partial charge in [-0.3, -0.25) is 14.6 Å². The number of hydrogen-bond donors (Lipinski definition) is 4. The number of thiazole rings is 1. The van der Waals surface area contributed by atoms with Gasteiger partial charge in [-0.15, -0.1) is 11.3 Å². The van der Waals surface area contributed by atoms with Crippen LogP contribution in [0.2, 0.25) is 0 Å². The first-order chi connectivity index (χ1) is 22.7. The third-order valence-electron chi connectivity index (χ3n) is 8.14. The molecule has 0 fully saturated rings. The van der Waals surface area contributed by atoms with Crippen molar-refractivity contribution in [3.63, 3.8) is 0 Å². The van der Waals surface area contributed by atoms with Gasteiger partial charge < -0.3 is 21.1 Å². The summed E-state index contributed by atoms with van der Waals surface area (Å²) in [6.45, 7) is 9.40. The van der Waals surface area contributed by atoms with Gasteiger partial charge in [0.15, 0.2) is 5.01 Å². The van der Waals surface area contributed by atoms with E-state index in [0.29, 0.717) is 51.5 Å². The van der Waals surface area contributed by atoms with Gasteiger partial charge in [0, 0.05) is 35.3 Å². The minimum absolute atomic E-state index is 0.0849. The molecule has 0 spiro atoms. The van der Waals surface area contributed by atoms with Gasteiger partial charge in [-0.05, 0) is 88.9 Å². The van der Waals surface area contributed by atoms with Crippen molar-refractivity contribution in [2.24, 2.45) is 10.7 Å². The Bertz CT molecular complexity index is 2080. The fraction of sp³-hybridized carbons (Fsp3) is 0.324. The molecule has 0 aliphatic carbocycles. The molecule has 1 atom stereocenters. The zero-order chi connectivity index (χ0) is 34.8. The van der Waals surface area contributed by atoms with E-state index in [1.54, 1.807) is 62.4 Å². The molecule has 0 saturated heterocycles. The van der Waals surface area contributed by atoms with Gasteiger partial charge in [0.1, 0.15) is 23.5 Å². The molecule has 14 heteroatoms. The predicted octanol–water partition coefficient (Wildman–Crippen LogP) is 4.62. The zero-order valence-corrected chi connectivity index (χ0v) is 28.9. The number of nitrogens with zero attached hydrogens (tertiary/aromatic N) is 3. The van der Waals surface area contributed by atoms with Gasteiger partial charge >= 0.3 is 0 Å². The highest BCUT2D eigenvalue weighted by Crippen LogP contribution is 2.43. The van der Waals surface area contributed by atoms with Crippen molar-refractivity contribution in [1.82, 2.24) is 15.0 Å². The molecule has 2 heterocycles. The standard InChI is InChI=1S/C34H37N7O5S2/c1-19-20(2)30(21(3)29-24(19)17-34(4,5)46-29)48(44,45)41-33(36)37-15-9-12-26(40-31(42)22-10-7-6-8-11-22)32(43)38-23-13-14-25-27(16-23)47-28(18-35)39-25/h6-8,10-11,13-14,16,26H,9,12,15,17H2,1-5H3,(H,38,43)(H,40,42)(H3,36,37,41)/t26-/m1/s1. The lowest BCUT2D eigenvalue weighted by Gasteiger charge is -2.20. The minimum Gasteiger partial charge on any atom is -0.487 e. The molecule has 1 aromatic heterocycles. The highest BCUT2D eigenvalue weighted by atomic mass is 32.2. The monoisotopic (exact) mass is 687 g/mol. The summed E-state index contributed by atoms with van der Waals surface area (Å²) in [5.41, 5.74) is 10.1. The van der Waals surface area contributed by atoms with Crippen LogP contribution in [-0.2, 0) is 21.2 Å².